The maximum atomic E-state index is 14.2. The number of aromatic nitrogens is 1. The van der Waals surface area contributed by atoms with Gasteiger partial charge in [-0.15, -0.1) is 0 Å². The molecule has 3 nitrogen and oxygen atoms in total. The Kier molecular flexibility index (Phi) is 4.46. The predicted molar refractivity (Wildman–Crippen MR) is 133 cm³/mol. The summed E-state index contributed by atoms with van der Waals surface area (Å²) in [6, 6.07) is 27.5. The van der Waals surface area contributed by atoms with Gasteiger partial charge >= 0.3 is 0 Å². The van der Waals surface area contributed by atoms with Crippen LogP contribution in [-0.2, 0) is 7.05 Å². The van der Waals surface area contributed by atoms with Gasteiger partial charge in [-0.25, -0.2) is 8.96 Å². The number of nitriles is 1. The highest BCUT2D eigenvalue weighted by Crippen LogP contribution is 2.41. The molecule has 4 heteroatoms. The van der Waals surface area contributed by atoms with Gasteiger partial charge in [0.2, 0.25) is 5.69 Å². The number of furan rings is 1. The van der Waals surface area contributed by atoms with Gasteiger partial charge in [0.1, 0.15) is 24.0 Å². The molecule has 0 unspecified atom stereocenters. The number of pyridine rings is 1. The van der Waals surface area contributed by atoms with E-state index in [1.165, 1.54) is 12.1 Å². The van der Waals surface area contributed by atoms with Gasteiger partial charge in [0, 0.05) is 28.5 Å². The number of benzene rings is 4. The van der Waals surface area contributed by atoms with Crippen molar-refractivity contribution in [3.05, 3.63) is 102 Å². The molecular formula is C30H20FN2O+. The second-order valence-electron chi connectivity index (χ2n) is 8.65. The Hall–Kier alpha value is -4.49. The minimum atomic E-state index is -0.302. The number of aryl methyl sites for hydroxylation is 2. The van der Waals surface area contributed by atoms with Crippen molar-refractivity contribution < 1.29 is 13.4 Å². The predicted octanol–water partition coefficient (Wildman–Crippen LogP) is 7.22. The number of hydrogen-bond donors (Lipinski definition) is 0. The summed E-state index contributed by atoms with van der Waals surface area (Å²) in [7, 11) is 1.89. The number of halogens is 1. The van der Waals surface area contributed by atoms with Crippen molar-refractivity contribution in [1.82, 2.24) is 0 Å². The zero-order valence-corrected chi connectivity index (χ0v) is 18.8. The molecule has 0 aliphatic heterocycles. The molecule has 6 rings (SSSR count). The van der Waals surface area contributed by atoms with Gasteiger partial charge in [-0.3, -0.25) is 0 Å². The van der Waals surface area contributed by atoms with Crippen LogP contribution in [0.2, 0.25) is 0 Å². The van der Waals surface area contributed by atoms with E-state index in [4.69, 9.17) is 4.42 Å². The SMILES string of the molecule is Cc1ccc2c(oc3c(-c4ccc5ccccc5c4)cc(C#N)cc32)c1-c1cc(F)cc[n+]1C. The summed E-state index contributed by atoms with van der Waals surface area (Å²) in [6.45, 7) is 2.00. The third-order valence-electron chi connectivity index (χ3n) is 6.51. The Balaban J connectivity index is 1.71. The van der Waals surface area contributed by atoms with E-state index in [1.807, 2.05) is 54.9 Å². The Morgan fingerprint density at radius 3 is 2.50 bits per heavy atom. The molecule has 0 aliphatic rings. The highest BCUT2D eigenvalue weighted by Gasteiger charge is 2.23. The van der Waals surface area contributed by atoms with Crippen LogP contribution in [0.25, 0.3) is 55.1 Å². The van der Waals surface area contributed by atoms with E-state index in [2.05, 4.69) is 36.4 Å². The highest BCUT2D eigenvalue weighted by molar-refractivity contribution is 6.14. The van der Waals surface area contributed by atoms with Gasteiger partial charge in [0.25, 0.3) is 0 Å². The maximum Gasteiger partial charge on any atom is 0.219 e. The fourth-order valence-electron chi connectivity index (χ4n) is 4.79. The summed E-state index contributed by atoms with van der Waals surface area (Å²) in [4.78, 5) is 0. The fourth-order valence-corrected chi connectivity index (χ4v) is 4.79. The van der Waals surface area contributed by atoms with E-state index in [0.29, 0.717) is 11.1 Å². The molecule has 6 aromatic rings. The molecule has 4 aromatic carbocycles. The van der Waals surface area contributed by atoms with E-state index >= 15 is 0 Å². The Morgan fingerprint density at radius 1 is 0.853 bits per heavy atom. The van der Waals surface area contributed by atoms with Gasteiger partial charge in [-0.05, 0) is 47.0 Å². The van der Waals surface area contributed by atoms with Crippen molar-refractivity contribution in [1.29, 1.82) is 5.26 Å². The van der Waals surface area contributed by atoms with Crippen molar-refractivity contribution in [2.24, 2.45) is 7.05 Å². The third kappa shape index (κ3) is 3.06. The Bertz CT molecular complexity index is 1810. The lowest BCUT2D eigenvalue weighted by Gasteiger charge is -2.06. The number of nitrogens with zero attached hydrogens (tertiary/aromatic N) is 2. The van der Waals surface area contributed by atoms with E-state index < -0.39 is 0 Å². The van der Waals surface area contributed by atoms with Crippen LogP contribution in [0.15, 0.2) is 89.5 Å². The number of fused-ring (bicyclic) bond motifs is 4. The first kappa shape index (κ1) is 20.1. The van der Waals surface area contributed by atoms with E-state index in [0.717, 1.165) is 55.1 Å². The molecule has 162 valence electrons. The molecule has 2 aromatic heterocycles. The Morgan fingerprint density at radius 2 is 1.68 bits per heavy atom. The lowest BCUT2D eigenvalue weighted by Crippen LogP contribution is -2.30. The molecule has 0 spiro atoms. The van der Waals surface area contributed by atoms with Crippen LogP contribution in [-0.4, -0.2) is 0 Å². The molecule has 0 amide bonds. The normalized spacial score (nSPS) is 11.4. The smallest absolute Gasteiger partial charge is 0.219 e. The molecule has 0 fully saturated rings. The molecular weight excluding hydrogens is 423 g/mol. The third-order valence-corrected chi connectivity index (χ3v) is 6.51. The molecule has 34 heavy (non-hydrogen) atoms. The average Bonchev–Trinajstić information content (AvgIpc) is 3.23. The first-order valence-electron chi connectivity index (χ1n) is 11.1. The monoisotopic (exact) mass is 443 g/mol. The lowest BCUT2D eigenvalue weighted by atomic mass is 9.96. The van der Waals surface area contributed by atoms with Crippen molar-refractivity contribution in [2.45, 2.75) is 6.92 Å². The van der Waals surface area contributed by atoms with Gasteiger partial charge in [0.05, 0.1) is 17.2 Å². The van der Waals surface area contributed by atoms with E-state index in [-0.39, 0.29) is 5.82 Å². The molecule has 0 radical (unpaired) electrons. The summed E-state index contributed by atoms with van der Waals surface area (Å²) < 4.78 is 22.7. The first-order chi connectivity index (χ1) is 16.5. The quantitative estimate of drug-likeness (QED) is 0.265. The van der Waals surface area contributed by atoms with Crippen LogP contribution in [0.5, 0.6) is 0 Å². The van der Waals surface area contributed by atoms with Crippen molar-refractivity contribution in [3.63, 3.8) is 0 Å². The van der Waals surface area contributed by atoms with Crippen molar-refractivity contribution in [3.8, 4) is 28.5 Å². The molecule has 0 atom stereocenters. The maximum absolute atomic E-state index is 14.2. The zero-order valence-electron chi connectivity index (χ0n) is 18.8. The summed E-state index contributed by atoms with van der Waals surface area (Å²) in [6.07, 6.45) is 1.71. The number of hydrogen-bond acceptors (Lipinski definition) is 2. The van der Waals surface area contributed by atoms with Gasteiger partial charge in [0.15, 0.2) is 6.20 Å². The second kappa shape index (κ2) is 7.54. The molecule has 0 saturated carbocycles. The summed E-state index contributed by atoms with van der Waals surface area (Å²) in [5.74, 6) is -0.302. The van der Waals surface area contributed by atoms with Gasteiger partial charge in [-0.2, -0.15) is 5.26 Å². The van der Waals surface area contributed by atoms with Crippen molar-refractivity contribution >= 4 is 32.7 Å². The number of rotatable bonds is 2. The molecule has 2 heterocycles. The lowest BCUT2D eigenvalue weighted by molar-refractivity contribution is -0.660. The summed E-state index contributed by atoms with van der Waals surface area (Å²) >= 11 is 0. The van der Waals surface area contributed by atoms with Crippen LogP contribution in [0.4, 0.5) is 4.39 Å². The minimum Gasteiger partial charge on any atom is -0.454 e. The van der Waals surface area contributed by atoms with E-state index in [1.54, 1.807) is 6.20 Å². The van der Waals surface area contributed by atoms with Gasteiger partial charge < -0.3 is 4.42 Å². The molecule has 0 aliphatic carbocycles. The Labute approximate surface area is 195 Å². The van der Waals surface area contributed by atoms with Crippen LogP contribution >= 0.6 is 0 Å². The van der Waals surface area contributed by atoms with Crippen LogP contribution in [0.1, 0.15) is 11.1 Å². The van der Waals surface area contributed by atoms with E-state index in [9.17, 15) is 9.65 Å². The fraction of sp³-hybridized carbons (Fsp3) is 0.0667. The zero-order chi connectivity index (χ0) is 23.4. The highest BCUT2D eigenvalue weighted by atomic mass is 19.1. The van der Waals surface area contributed by atoms with Gasteiger partial charge in [-0.1, -0.05) is 48.5 Å². The van der Waals surface area contributed by atoms with Crippen LogP contribution in [0, 0.1) is 24.1 Å². The largest absolute Gasteiger partial charge is 0.454 e. The standard InChI is InChI=1S/C30H20FN2O/c1-18-7-10-24-26-14-19(17-32)13-25(22-9-8-20-5-3-4-6-21(20)15-22)29(26)34-30(24)28(18)27-16-23(31)11-12-33(27)2/h3-16H,1-2H3/q+1. The summed E-state index contributed by atoms with van der Waals surface area (Å²) in [5, 5.41) is 13.8. The topological polar surface area (TPSA) is 40.8 Å². The van der Waals surface area contributed by atoms with Crippen molar-refractivity contribution in [2.75, 3.05) is 0 Å². The summed E-state index contributed by atoms with van der Waals surface area (Å²) in [5.41, 5.74) is 6.38. The average molecular weight is 444 g/mol. The van der Waals surface area contributed by atoms with Crippen LogP contribution < -0.4 is 4.57 Å². The minimum absolute atomic E-state index is 0.302. The first-order valence-corrected chi connectivity index (χ1v) is 11.1. The molecule has 0 N–H and O–H groups in total. The van der Waals surface area contributed by atoms with Crippen LogP contribution in [0.3, 0.4) is 0 Å². The second-order valence-corrected chi connectivity index (χ2v) is 8.65. The molecule has 0 saturated heterocycles. The molecule has 0 bridgehead atoms.